The van der Waals surface area contributed by atoms with Crippen molar-refractivity contribution in [2.45, 2.75) is 32.1 Å². The van der Waals surface area contributed by atoms with Crippen molar-refractivity contribution in [1.82, 2.24) is 0 Å². The predicted molar refractivity (Wildman–Crippen MR) is 63.5 cm³/mol. The monoisotopic (exact) mass is 209 g/mol. The molecule has 0 aromatic heterocycles. The van der Waals surface area contributed by atoms with Crippen LogP contribution in [0.15, 0.2) is 21.6 Å². The molecule has 1 aliphatic carbocycles. The van der Waals surface area contributed by atoms with E-state index in [9.17, 15) is 0 Å². The van der Waals surface area contributed by atoms with Gasteiger partial charge in [-0.1, -0.05) is 11.6 Å². The third-order valence-corrected chi connectivity index (χ3v) is 2.34. The molecule has 0 radical (unpaired) electrons. The van der Waals surface area contributed by atoms with E-state index in [2.05, 4.69) is 16.1 Å². The van der Waals surface area contributed by atoms with Crippen LogP contribution in [0.2, 0.25) is 0 Å². The van der Waals surface area contributed by atoms with Crippen molar-refractivity contribution >= 4 is 11.9 Å². The Morgan fingerprint density at radius 2 is 2.07 bits per heavy atom. The molecule has 0 heterocycles. The first-order valence-corrected chi connectivity index (χ1v) is 5.26. The fourth-order valence-electron chi connectivity index (χ4n) is 1.61. The second-order valence-corrected chi connectivity index (χ2v) is 3.63. The lowest BCUT2D eigenvalue weighted by atomic mass is 9.97. The number of nitrogens with two attached hydrogens (primary N) is 3. The van der Waals surface area contributed by atoms with Gasteiger partial charge in [0.1, 0.15) is 0 Å². The number of aliphatic imine (C=N–C) groups is 2. The van der Waals surface area contributed by atoms with E-state index < -0.39 is 0 Å². The van der Waals surface area contributed by atoms with E-state index in [1.54, 1.807) is 0 Å². The number of rotatable bonds is 3. The lowest BCUT2D eigenvalue weighted by Crippen LogP contribution is -2.26. The number of hydrogen-bond acceptors (Lipinski definition) is 1. The Labute approximate surface area is 90.1 Å². The Morgan fingerprint density at radius 3 is 2.67 bits per heavy atom. The molecular weight excluding hydrogens is 190 g/mol. The zero-order valence-electron chi connectivity index (χ0n) is 8.95. The summed E-state index contributed by atoms with van der Waals surface area (Å²) in [5.41, 5.74) is 17.3. The van der Waals surface area contributed by atoms with E-state index in [0.29, 0.717) is 6.54 Å². The van der Waals surface area contributed by atoms with E-state index >= 15 is 0 Å². The highest BCUT2D eigenvalue weighted by Gasteiger charge is 2.02. The van der Waals surface area contributed by atoms with Crippen LogP contribution in [0, 0.1) is 0 Å². The summed E-state index contributed by atoms with van der Waals surface area (Å²) in [6.45, 7) is 0.661. The molecule has 1 rings (SSSR count). The van der Waals surface area contributed by atoms with Gasteiger partial charge in [0.05, 0.1) is 0 Å². The van der Waals surface area contributed by atoms with Gasteiger partial charge in [0.15, 0.2) is 5.96 Å². The molecule has 0 saturated heterocycles. The highest BCUT2D eigenvalue weighted by molar-refractivity contribution is 5.92. The van der Waals surface area contributed by atoms with Gasteiger partial charge in [-0.2, -0.15) is 4.99 Å². The molecule has 84 valence electrons. The summed E-state index contributed by atoms with van der Waals surface area (Å²) in [7, 11) is 0. The highest BCUT2D eigenvalue weighted by Crippen LogP contribution is 2.19. The van der Waals surface area contributed by atoms with E-state index in [-0.39, 0.29) is 11.9 Å². The maximum absolute atomic E-state index is 5.47. The standard InChI is InChI=1S/C10H19N5/c11-9(12)15-10(13)14-7-6-8-4-2-1-3-5-8/h4H,1-3,5-7H2,(H6,11,12,13,14,15). The Bertz CT molecular complexity index is 286. The smallest absolute Gasteiger partial charge is 0.218 e. The molecule has 15 heavy (non-hydrogen) atoms. The summed E-state index contributed by atoms with van der Waals surface area (Å²) in [6.07, 6.45) is 8.25. The largest absolute Gasteiger partial charge is 0.370 e. The second-order valence-electron chi connectivity index (χ2n) is 3.63. The first kappa shape index (κ1) is 11.6. The molecule has 0 saturated carbocycles. The second kappa shape index (κ2) is 6.06. The number of allylic oxidation sites excluding steroid dienone is 1. The van der Waals surface area contributed by atoms with Crippen molar-refractivity contribution in [3.8, 4) is 0 Å². The number of guanidine groups is 2. The Hall–Kier alpha value is -1.52. The number of nitrogens with zero attached hydrogens (tertiary/aromatic N) is 2. The van der Waals surface area contributed by atoms with Crippen LogP contribution in [0.25, 0.3) is 0 Å². The van der Waals surface area contributed by atoms with Crippen LogP contribution in [0.5, 0.6) is 0 Å². The van der Waals surface area contributed by atoms with Crippen molar-refractivity contribution in [2.24, 2.45) is 27.2 Å². The van der Waals surface area contributed by atoms with E-state index in [0.717, 1.165) is 6.42 Å². The zero-order valence-corrected chi connectivity index (χ0v) is 8.95. The van der Waals surface area contributed by atoms with Gasteiger partial charge in [0, 0.05) is 6.54 Å². The molecule has 0 bridgehead atoms. The van der Waals surface area contributed by atoms with E-state index in [1.807, 2.05) is 0 Å². The molecule has 6 N–H and O–H groups in total. The lowest BCUT2D eigenvalue weighted by molar-refractivity contribution is 0.676. The number of hydrogen-bond donors (Lipinski definition) is 3. The molecule has 0 unspecified atom stereocenters. The van der Waals surface area contributed by atoms with Crippen LogP contribution in [0.3, 0.4) is 0 Å². The molecule has 0 aromatic rings. The molecule has 1 aliphatic rings. The summed E-state index contributed by atoms with van der Waals surface area (Å²) in [6, 6.07) is 0. The minimum atomic E-state index is -0.0480. The van der Waals surface area contributed by atoms with Gasteiger partial charge < -0.3 is 17.2 Å². The molecule has 0 amide bonds. The SMILES string of the molecule is NC(N)=NC(N)=NCCC1=CCCCC1. The van der Waals surface area contributed by atoms with Crippen molar-refractivity contribution in [3.05, 3.63) is 11.6 Å². The molecule has 0 fully saturated rings. The van der Waals surface area contributed by atoms with E-state index in [1.165, 1.54) is 31.3 Å². The average Bonchev–Trinajstić information content (AvgIpc) is 2.18. The summed E-state index contributed by atoms with van der Waals surface area (Å²) < 4.78 is 0. The van der Waals surface area contributed by atoms with Crippen molar-refractivity contribution < 1.29 is 0 Å². The maximum atomic E-state index is 5.47. The molecular formula is C10H19N5. The Kier molecular flexibility index (Phi) is 4.66. The lowest BCUT2D eigenvalue weighted by Gasteiger charge is -2.10. The topological polar surface area (TPSA) is 103 Å². The van der Waals surface area contributed by atoms with Crippen LogP contribution in [-0.2, 0) is 0 Å². The van der Waals surface area contributed by atoms with Gasteiger partial charge in [-0.05, 0) is 32.1 Å². The summed E-state index contributed by atoms with van der Waals surface area (Å²) in [5.74, 6) is 0.111. The van der Waals surface area contributed by atoms with Gasteiger partial charge in [-0.3, -0.25) is 4.99 Å². The van der Waals surface area contributed by atoms with Crippen LogP contribution < -0.4 is 17.2 Å². The van der Waals surface area contributed by atoms with Crippen LogP contribution in [0.4, 0.5) is 0 Å². The maximum Gasteiger partial charge on any atom is 0.218 e. The summed E-state index contributed by atoms with van der Waals surface area (Å²) in [5, 5.41) is 0. The fraction of sp³-hybridized carbons (Fsp3) is 0.600. The first-order chi connectivity index (χ1) is 7.18. The average molecular weight is 209 g/mol. The van der Waals surface area contributed by atoms with Crippen LogP contribution >= 0.6 is 0 Å². The molecule has 0 aliphatic heterocycles. The third kappa shape index (κ3) is 5.05. The van der Waals surface area contributed by atoms with Crippen molar-refractivity contribution in [2.75, 3.05) is 6.54 Å². The first-order valence-electron chi connectivity index (χ1n) is 5.26. The minimum absolute atomic E-state index is 0.0480. The quantitative estimate of drug-likeness (QED) is 0.357. The zero-order chi connectivity index (χ0) is 11.1. The Balaban J connectivity index is 2.31. The molecule has 5 nitrogen and oxygen atoms in total. The van der Waals surface area contributed by atoms with Gasteiger partial charge in [-0.15, -0.1) is 0 Å². The molecule has 0 spiro atoms. The third-order valence-electron chi connectivity index (χ3n) is 2.34. The normalized spacial score (nSPS) is 17.1. The van der Waals surface area contributed by atoms with Gasteiger partial charge in [0.2, 0.25) is 5.96 Å². The summed E-state index contributed by atoms with van der Waals surface area (Å²) >= 11 is 0. The predicted octanol–water partition coefficient (Wildman–Crippen LogP) is 0.465. The highest BCUT2D eigenvalue weighted by atomic mass is 15.1. The van der Waals surface area contributed by atoms with E-state index in [4.69, 9.17) is 17.2 Å². The van der Waals surface area contributed by atoms with Gasteiger partial charge in [0.25, 0.3) is 0 Å². The molecule has 0 atom stereocenters. The van der Waals surface area contributed by atoms with Crippen LogP contribution in [0.1, 0.15) is 32.1 Å². The van der Waals surface area contributed by atoms with Crippen molar-refractivity contribution in [3.63, 3.8) is 0 Å². The fourth-order valence-corrected chi connectivity index (χ4v) is 1.61. The Morgan fingerprint density at radius 1 is 1.27 bits per heavy atom. The molecule has 0 aromatic carbocycles. The van der Waals surface area contributed by atoms with Gasteiger partial charge in [-0.25, -0.2) is 0 Å². The van der Waals surface area contributed by atoms with Crippen LogP contribution in [-0.4, -0.2) is 18.5 Å². The summed E-state index contributed by atoms with van der Waals surface area (Å²) in [4.78, 5) is 7.71. The molecule has 5 heteroatoms. The van der Waals surface area contributed by atoms with Gasteiger partial charge >= 0.3 is 0 Å². The van der Waals surface area contributed by atoms with Crippen molar-refractivity contribution in [1.29, 1.82) is 0 Å². The minimum Gasteiger partial charge on any atom is -0.370 e.